The van der Waals surface area contributed by atoms with Crippen LogP contribution in [0.25, 0.3) is 10.8 Å². The zero-order chi connectivity index (χ0) is 20.1. The minimum atomic E-state index is -0.197. The third-order valence-electron chi connectivity index (χ3n) is 4.72. The summed E-state index contributed by atoms with van der Waals surface area (Å²) in [5, 5.41) is 5.12. The van der Waals surface area contributed by atoms with Crippen molar-refractivity contribution in [2.24, 2.45) is 0 Å². The van der Waals surface area contributed by atoms with Crippen molar-refractivity contribution in [2.75, 3.05) is 11.9 Å². The lowest BCUT2D eigenvalue weighted by atomic mass is 10.1. The van der Waals surface area contributed by atoms with Gasteiger partial charge in [-0.3, -0.25) is 4.79 Å². The Balaban J connectivity index is 1.54. The van der Waals surface area contributed by atoms with Gasteiger partial charge >= 0.3 is 0 Å². The van der Waals surface area contributed by atoms with Crippen LogP contribution in [0, 0.1) is 0 Å². The Morgan fingerprint density at radius 1 is 0.862 bits per heavy atom. The fourth-order valence-corrected chi connectivity index (χ4v) is 3.61. The number of ether oxygens (including phenoxy) is 1. The maximum Gasteiger partial charge on any atom is 0.259 e. The standard InChI is InChI=1S/C25H20BrNO2/c26-20-13-14-24(29-16-15-18-7-2-1-3-8-18)22(17-20)25(28)27-23-12-6-10-19-9-4-5-11-21(19)23/h1-14,17H,15-16H2,(H,27,28). The molecule has 1 amide bonds. The summed E-state index contributed by atoms with van der Waals surface area (Å²) in [4.78, 5) is 13.1. The van der Waals surface area contributed by atoms with Crippen LogP contribution in [0.1, 0.15) is 15.9 Å². The van der Waals surface area contributed by atoms with E-state index in [1.807, 2.05) is 72.8 Å². The molecule has 0 saturated carbocycles. The predicted molar refractivity (Wildman–Crippen MR) is 122 cm³/mol. The fraction of sp³-hybridized carbons (Fsp3) is 0.0800. The minimum Gasteiger partial charge on any atom is -0.492 e. The summed E-state index contributed by atoms with van der Waals surface area (Å²) in [5.41, 5.74) is 2.48. The van der Waals surface area contributed by atoms with Gasteiger partial charge in [-0.15, -0.1) is 0 Å². The summed E-state index contributed by atoms with van der Waals surface area (Å²) in [6, 6.07) is 29.5. The number of anilines is 1. The number of benzene rings is 4. The van der Waals surface area contributed by atoms with Crippen molar-refractivity contribution in [2.45, 2.75) is 6.42 Å². The van der Waals surface area contributed by atoms with Crippen LogP contribution in [0.2, 0.25) is 0 Å². The van der Waals surface area contributed by atoms with E-state index in [4.69, 9.17) is 4.74 Å². The van der Waals surface area contributed by atoms with Crippen LogP contribution < -0.4 is 10.1 Å². The van der Waals surface area contributed by atoms with Gasteiger partial charge in [-0.05, 0) is 35.2 Å². The maximum atomic E-state index is 13.1. The molecule has 4 aromatic rings. The highest BCUT2D eigenvalue weighted by Crippen LogP contribution is 2.27. The van der Waals surface area contributed by atoms with E-state index in [1.165, 1.54) is 5.56 Å². The van der Waals surface area contributed by atoms with Gasteiger partial charge in [-0.1, -0.05) is 82.7 Å². The maximum absolute atomic E-state index is 13.1. The topological polar surface area (TPSA) is 38.3 Å². The number of amides is 1. The van der Waals surface area contributed by atoms with Gasteiger partial charge in [-0.25, -0.2) is 0 Å². The molecule has 3 nitrogen and oxygen atoms in total. The van der Waals surface area contributed by atoms with Gasteiger partial charge in [0.1, 0.15) is 5.75 Å². The van der Waals surface area contributed by atoms with Crippen molar-refractivity contribution in [3.8, 4) is 5.75 Å². The Bertz CT molecular complexity index is 1140. The molecule has 29 heavy (non-hydrogen) atoms. The predicted octanol–water partition coefficient (Wildman–Crippen LogP) is 6.48. The molecule has 4 aromatic carbocycles. The first-order valence-electron chi connectivity index (χ1n) is 9.46. The largest absolute Gasteiger partial charge is 0.492 e. The molecule has 4 heteroatoms. The molecule has 0 spiro atoms. The highest BCUT2D eigenvalue weighted by Gasteiger charge is 2.15. The van der Waals surface area contributed by atoms with Crippen LogP contribution in [0.5, 0.6) is 5.75 Å². The van der Waals surface area contributed by atoms with E-state index in [1.54, 1.807) is 6.07 Å². The third-order valence-corrected chi connectivity index (χ3v) is 5.21. The number of rotatable bonds is 6. The Hall–Kier alpha value is -3.11. The smallest absolute Gasteiger partial charge is 0.259 e. The second kappa shape index (κ2) is 8.93. The van der Waals surface area contributed by atoms with Crippen LogP contribution in [0.15, 0.2) is 95.5 Å². The Labute approximate surface area is 178 Å². The molecule has 0 heterocycles. The normalized spacial score (nSPS) is 10.7. The Kier molecular flexibility index (Phi) is 5.92. The summed E-state index contributed by atoms with van der Waals surface area (Å²) in [7, 11) is 0. The molecule has 0 unspecified atom stereocenters. The molecule has 0 radical (unpaired) electrons. The van der Waals surface area contributed by atoms with Crippen molar-refractivity contribution in [3.05, 3.63) is 107 Å². The molecule has 0 aromatic heterocycles. The lowest BCUT2D eigenvalue weighted by molar-refractivity contribution is 0.102. The van der Waals surface area contributed by atoms with E-state index < -0.39 is 0 Å². The second-order valence-corrected chi connectivity index (χ2v) is 7.62. The molecule has 1 N–H and O–H groups in total. The van der Waals surface area contributed by atoms with Crippen LogP contribution in [0.3, 0.4) is 0 Å². The van der Waals surface area contributed by atoms with E-state index >= 15 is 0 Å². The van der Waals surface area contributed by atoms with Gasteiger partial charge in [0.2, 0.25) is 0 Å². The van der Waals surface area contributed by atoms with Crippen LogP contribution >= 0.6 is 15.9 Å². The molecular weight excluding hydrogens is 426 g/mol. The van der Waals surface area contributed by atoms with Crippen molar-refractivity contribution in [3.63, 3.8) is 0 Å². The van der Waals surface area contributed by atoms with Gasteiger partial charge in [0.15, 0.2) is 0 Å². The number of hydrogen-bond acceptors (Lipinski definition) is 2. The number of fused-ring (bicyclic) bond motifs is 1. The van der Waals surface area contributed by atoms with E-state index in [9.17, 15) is 4.79 Å². The average molecular weight is 446 g/mol. The Morgan fingerprint density at radius 3 is 2.48 bits per heavy atom. The second-order valence-electron chi connectivity index (χ2n) is 6.71. The lowest BCUT2D eigenvalue weighted by Gasteiger charge is -2.13. The molecule has 0 bridgehead atoms. The molecule has 0 fully saturated rings. The SMILES string of the molecule is O=C(Nc1cccc2ccccc12)c1cc(Br)ccc1OCCc1ccccc1. The molecule has 0 aliphatic carbocycles. The molecule has 0 saturated heterocycles. The van der Waals surface area contributed by atoms with E-state index in [0.29, 0.717) is 17.9 Å². The quantitative estimate of drug-likeness (QED) is 0.368. The first kappa shape index (κ1) is 19.2. The summed E-state index contributed by atoms with van der Waals surface area (Å²) in [6.07, 6.45) is 0.779. The number of hydrogen-bond donors (Lipinski definition) is 1. The summed E-state index contributed by atoms with van der Waals surface area (Å²) in [6.45, 7) is 0.500. The van der Waals surface area contributed by atoms with Crippen LogP contribution in [0.4, 0.5) is 5.69 Å². The van der Waals surface area contributed by atoms with Crippen molar-refractivity contribution < 1.29 is 9.53 Å². The summed E-state index contributed by atoms with van der Waals surface area (Å²) >= 11 is 3.46. The van der Waals surface area contributed by atoms with Crippen molar-refractivity contribution >= 4 is 38.3 Å². The highest BCUT2D eigenvalue weighted by atomic mass is 79.9. The zero-order valence-corrected chi connectivity index (χ0v) is 17.4. The van der Waals surface area contributed by atoms with Crippen molar-refractivity contribution in [1.82, 2.24) is 0 Å². The van der Waals surface area contributed by atoms with Crippen LogP contribution in [-0.4, -0.2) is 12.5 Å². The molecule has 0 aliphatic rings. The highest BCUT2D eigenvalue weighted by molar-refractivity contribution is 9.10. The molecule has 4 rings (SSSR count). The number of nitrogens with one attached hydrogen (secondary N) is 1. The van der Waals surface area contributed by atoms with Gasteiger partial charge in [0.25, 0.3) is 5.91 Å². The lowest BCUT2D eigenvalue weighted by Crippen LogP contribution is -2.14. The molecule has 0 atom stereocenters. The molecule has 0 aliphatic heterocycles. The van der Waals surface area contributed by atoms with Gasteiger partial charge in [-0.2, -0.15) is 0 Å². The van der Waals surface area contributed by atoms with E-state index in [0.717, 1.165) is 27.4 Å². The first-order valence-corrected chi connectivity index (χ1v) is 10.3. The molecular formula is C25H20BrNO2. The Morgan fingerprint density at radius 2 is 1.62 bits per heavy atom. The minimum absolute atomic E-state index is 0.197. The fourth-order valence-electron chi connectivity index (χ4n) is 3.25. The number of halogens is 1. The van der Waals surface area contributed by atoms with E-state index in [-0.39, 0.29) is 5.91 Å². The monoisotopic (exact) mass is 445 g/mol. The zero-order valence-electron chi connectivity index (χ0n) is 15.8. The average Bonchev–Trinajstić information content (AvgIpc) is 2.76. The molecule has 144 valence electrons. The number of carbonyl (C=O) groups is 1. The summed E-state index contributed by atoms with van der Waals surface area (Å²) in [5.74, 6) is 0.374. The first-order chi connectivity index (χ1) is 14.2. The number of carbonyl (C=O) groups excluding carboxylic acids is 1. The van der Waals surface area contributed by atoms with Crippen molar-refractivity contribution in [1.29, 1.82) is 0 Å². The summed E-state index contributed by atoms with van der Waals surface area (Å²) < 4.78 is 6.79. The van der Waals surface area contributed by atoms with Gasteiger partial charge in [0.05, 0.1) is 12.2 Å². The van der Waals surface area contributed by atoms with Crippen LogP contribution in [-0.2, 0) is 6.42 Å². The van der Waals surface area contributed by atoms with E-state index in [2.05, 4.69) is 33.4 Å². The third kappa shape index (κ3) is 4.66. The van der Waals surface area contributed by atoms with Gasteiger partial charge < -0.3 is 10.1 Å². The van der Waals surface area contributed by atoms with Gasteiger partial charge in [0, 0.05) is 22.0 Å².